The standard InChI is InChI=1S/C11H15FN2OS/c1-16-11-3-2-8(6-13-11)14-5-4-10(15)9(12)7-14/h2-3,6,9-10,15H,4-5,7H2,1H3/t9-,10+/m0/s1. The molecule has 0 aliphatic carbocycles. The first-order chi connectivity index (χ1) is 7.70. The van der Waals surface area contributed by atoms with Crippen molar-refractivity contribution in [3.8, 4) is 0 Å². The number of alkyl halides is 1. The third-order valence-corrected chi connectivity index (χ3v) is 3.46. The lowest BCUT2D eigenvalue weighted by Crippen LogP contribution is -2.44. The zero-order valence-electron chi connectivity index (χ0n) is 9.14. The van der Waals surface area contributed by atoms with Gasteiger partial charge in [-0.1, -0.05) is 0 Å². The zero-order valence-corrected chi connectivity index (χ0v) is 9.95. The molecule has 0 saturated carbocycles. The summed E-state index contributed by atoms with van der Waals surface area (Å²) in [6, 6.07) is 3.88. The van der Waals surface area contributed by atoms with Gasteiger partial charge in [0, 0.05) is 6.54 Å². The van der Waals surface area contributed by atoms with E-state index < -0.39 is 12.3 Å². The maximum Gasteiger partial charge on any atom is 0.143 e. The van der Waals surface area contributed by atoms with Crippen LogP contribution in [0.15, 0.2) is 23.4 Å². The number of hydrogen-bond acceptors (Lipinski definition) is 4. The van der Waals surface area contributed by atoms with Gasteiger partial charge in [0.15, 0.2) is 0 Å². The second-order valence-corrected chi connectivity index (χ2v) is 4.70. The molecule has 2 rings (SSSR count). The van der Waals surface area contributed by atoms with Crippen molar-refractivity contribution in [3.05, 3.63) is 18.3 Å². The van der Waals surface area contributed by atoms with E-state index in [0.717, 1.165) is 10.7 Å². The summed E-state index contributed by atoms with van der Waals surface area (Å²) >= 11 is 1.58. The Kier molecular flexibility index (Phi) is 3.66. The Morgan fingerprint density at radius 3 is 2.94 bits per heavy atom. The molecule has 0 amide bonds. The van der Waals surface area contributed by atoms with Crippen LogP contribution in [-0.2, 0) is 0 Å². The fourth-order valence-electron chi connectivity index (χ4n) is 1.81. The number of piperidine rings is 1. The number of aliphatic hydroxyl groups is 1. The molecular formula is C11H15FN2OS. The lowest BCUT2D eigenvalue weighted by molar-refractivity contribution is 0.0615. The molecule has 0 bridgehead atoms. The van der Waals surface area contributed by atoms with Gasteiger partial charge < -0.3 is 10.0 Å². The van der Waals surface area contributed by atoms with Crippen molar-refractivity contribution in [1.29, 1.82) is 0 Å². The van der Waals surface area contributed by atoms with Crippen LogP contribution in [0.1, 0.15) is 6.42 Å². The van der Waals surface area contributed by atoms with Gasteiger partial charge in [-0.3, -0.25) is 0 Å². The summed E-state index contributed by atoms with van der Waals surface area (Å²) in [6.07, 6.45) is 2.24. The van der Waals surface area contributed by atoms with Crippen LogP contribution >= 0.6 is 11.8 Å². The average molecular weight is 242 g/mol. The van der Waals surface area contributed by atoms with Crippen LogP contribution in [0.25, 0.3) is 0 Å². The molecule has 1 N–H and O–H groups in total. The fourth-order valence-corrected chi connectivity index (χ4v) is 2.17. The predicted octanol–water partition coefficient (Wildman–Crippen LogP) is 1.71. The molecule has 0 spiro atoms. The van der Waals surface area contributed by atoms with Crippen molar-refractivity contribution in [2.24, 2.45) is 0 Å². The zero-order chi connectivity index (χ0) is 11.5. The maximum atomic E-state index is 13.3. The Morgan fingerprint density at radius 2 is 2.38 bits per heavy atom. The second-order valence-electron chi connectivity index (χ2n) is 3.88. The third-order valence-electron chi connectivity index (χ3n) is 2.80. The van der Waals surface area contributed by atoms with Gasteiger partial charge in [-0.25, -0.2) is 9.37 Å². The van der Waals surface area contributed by atoms with E-state index in [2.05, 4.69) is 4.98 Å². The van der Waals surface area contributed by atoms with Gasteiger partial charge >= 0.3 is 0 Å². The number of hydrogen-bond donors (Lipinski definition) is 1. The SMILES string of the molecule is CSc1ccc(N2CC[C@@H](O)[C@@H](F)C2)cn1. The highest BCUT2D eigenvalue weighted by atomic mass is 32.2. The monoisotopic (exact) mass is 242 g/mol. The molecular weight excluding hydrogens is 227 g/mol. The minimum absolute atomic E-state index is 0.251. The summed E-state index contributed by atoms with van der Waals surface area (Å²) in [5.74, 6) is 0. The van der Waals surface area contributed by atoms with E-state index in [1.807, 2.05) is 23.3 Å². The molecule has 0 aromatic carbocycles. The van der Waals surface area contributed by atoms with Crippen LogP contribution in [-0.4, -0.2) is 41.7 Å². The Hall–Kier alpha value is -0.810. The maximum absolute atomic E-state index is 13.3. The topological polar surface area (TPSA) is 36.4 Å². The van der Waals surface area contributed by atoms with Crippen molar-refractivity contribution in [1.82, 2.24) is 4.98 Å². The van der Waals surface area contributed by atoms with Crippen LogP contribution < -0.4 is 4.90 Å². The molecule has 1 saturated heterocycles. The Morgan fingerprint density at radius 1 is 1.56 bits per heavy atom. The number of aliphatic hydroxyl groups excluding tert-OH is 1. The minimum atomic E-state index is -1.16. The number of aromatic nitrogens is 1. The summed E-state index contributed by atoms with van der Waals surface area (Å²) in [5.41, 5.74) is 0.923. The lowest BCUT2D eigenvalue weighted by Gasteiger charge is -2.33. The Bertz CT molecular complexity index is 346. The summed E-state index contributed by atoms with van der Waals surface area (Å²) in [4.78, 5) is 6.18. The van der Waals surface area contributed by atoms with Crippen molar-refractivity contribution < 1.29 is 9.50 Å². The molecule has 5 heteroatoms. The van der Waals surface area contributed by atoms with E-state index in [1.165, 1.54) is 0 Å². The first-order valence-corrected chi connectivity index (χ1v) is 6.50. The Labute approximate surface area is 98.7 Å². The first-order valence-electron chi connectivity index (χ1n) is 5.28. The van der Waals surface area contributed by atoms with Gasteiger partial charge in [-0.2, -0.15) is 0 Å². The number of thioether (sulfide) groups is 1. The minimum Gasteiger partial charge on any atom is -0.390 e. The van der Waals surface area contributed by atoms with Crippen molar-refractivity contribution >= 4 is 17.4 Å². The van der Waals surface area contributed by atoms with Gasteiger partial charge in [-0.15, -0.1) is 11.8 Å². The highest BCUT2D eigenvalue weighted by Crippen LogP contribution is 2.22. The predicted molar refractivity (Wildman–Crippen MR) is 63.8 cm³/mol. The third kappa shape index (κ3) is 2.47. The van der Waals surface area contributed by atoms with Crippen LogP contribution in [0.2, 0.25) is 0 Å². The van der Waals surface area contributed by atoms with E-state index in [9.17, 15) is 9.50 Å². The quantitative estimate of drug-likeness (QED) is 0.801. The molecule has 2 heterocycles. The van der Waals surface area contributed by atoms with Gasteiger partial charge in [0.2, 0.25) is 0 Å². The van der Waals surface area contributed by atoms with E-state index >= 15 is 0 Å². The van der Waals surface area contributed by atoms with Crippen LogP contribution in [0.3, 0.4) is 0 Å². The molecule has 0 unspecified atom stereocenters. The molecule has 88 valence electrons. The molecule has 1 aliphatic rings. The van der Waals surface area contributed by atoms with Crippen molar-refractivity contribution in [3.63, 3.8) is 0 Å². The summed E-state index contributed by atoms with van der Waals surface area (Å²) in [7, 11) is 0. The van der Waals surface area contributed by atoms with Crippen LogP contribution in [0.5, 0.6) is 0 Å². The first kappa shape index (κ1) is 11.7. The molecule has 1 fully saturated rings. The van der Waals surface area contributed by atoms with Gasteiger partial charge in [-0.05, 0) is 24.8 Å². The van der Waals surface area contributed by atoms with Crippen LogP contribution in [0, 0.1) is 0 Å². The summed E-state index contributed by atoms with van der Waals surface area (Å²) in [5, 5.41) is 10.3. The van der Waals surface area contributed by atoms with Crippen molar-refractivity contribution in [2.45, 2.75) is 23.7 Å². The molecule has 1 aliphatic heterocycles. The van der Waals surface area contributed by atoms with Crippen molar-refractivity contribution in [2.75, 3.05) is 24.2 Å². The lowest BCUT2D eigenvalue weighted by atomic mass is 10.1. The van der Waals surface area contributed by atoms with E-state index in [-0.39, 0.29) is 6.54 Å². The Balaban J connectivity index is 2.06. The fraction of sp³-hybridized carbons (Fsp3) is 0.545. The second kappa shape index (κ2) is 5.01. The van der Waals surface area contributed by atoms with E-state index in [4.69, 9.17) is 0 Å². The molecule has 3 nitrogen and oxygen atoms in total. The van der Waals surface area contributed by atoms with Gasteiger partial charge in [0.05, 0.1) is 29.6 Å². The van der Waals surface area contributed by atoms with Gasteiger partial charge in [0.1, 0.15) is 6.17 Å². The highest BCUT2D eigenvalue weighted by molar-refractivity contribution is 7.98. The normalized spacial score (nSPS) is 25.8. The molecule has 0 radical (unpaired) electrons. The van der Waals surface area contributed by atoms with Gasteiger partial charge in [0.25, 0.3) is 0 Å². The van der Waals surface area contributed by atoms with E-state index in [0.29, 0.717) is 13.0 Å². The number of pyridine rings is 1. The number of rotatable bonds is 2. The average Bonchev–Trinajstić information content (AvgIpc) is 2.33. The molecule has 1 aromatic rings. The summed E-state index contributed by atoms with van der Waals surface area (Å²) in [6.45, 7) is 0.934. The summed E-state index contributed by atoms with van der Waals surface area (Å²) < 4.78 is 13.3. The smallest absolute Gasteiger partial charge is 0.143 e. The number of anilines is 1. The molecule has 16 heavy (non-hydrogen) atoms. The number of nitrogens with zero attached hydrogens (tertiary/aromatic N) is 2. The van der Waals surface area contributed by atoms with Crippen LogP contribution in [0.4, 0.5) is 10.1 Å². The largest absolute Gasteiger partial charge is 0.390 e. The highest BCUT2D eigenvalue weighted by Gasteiger charge is 2.27. The molecule has 1 aromatic heterocycles. The van der Waals surface area contributed by atoms with E-state index in [1.54, 1.807) is 18.0 Å². The molecule has 2 atom stereocenters. The number of halogens is 1.